The molecule has 0 aliphatic heterocycles. The lowest BCUT2D eigenvalue weighted by molar-refractivity contribution is 0.0205. The fourth-order valence-corrected chi connectivity index (χ4v) is 3.27. The molecule has 1 heterocycles. The smallest absolute Gasteiger partial charge is 0.358 e. The summed E-state index contributed by atoms with van der Waals surface area (Å²) < 4.78 is 5.53. The van der Waals surface area contributed by atoms with Gasteiger partial charge in [-0.2, -0.15) is 0 Å². The number of carbonyl (C=O) groups excluding carboxylic acids is 1. The van der Waals surface area contributed by atoms with Crippen molar-refractivity contribution in [1.82, 2.24) is 4.98 Å². The molecule has 0 atom stereocenters. The Morgan fingerprint density at radius 1 is 1.15 bits per heavy atom. The number of hydrogen-bond acceptors (Lipinski definition) is 4. The molecule has 2 aromatic rings. The minimum atomic E-state index is -0.282. The van der Waals surface area contributed by atoms with Crippen molar-refractivity contribution in [2.75, 3.05) is 0 Å². The van der Waals surface area contributed by atoms with E-state index < -0.39 is 0 Å². The van der Waals surface area contributed by atoms with Crippen molar-refractivity contribution >= 4 is 17.3 Å². The number of nitrogens with zero attached hydrogens (tertiary/aromatic N) is 1. The van der Waals surface area contributed by atoms with Crippen molar-refractivity contribution in [1.29, 1.82) is 0 Å². The maximum Gasteiger partial charge on any atom is 0.358 e. The van der Waals surface area contributed by atoms with Gasteiger partial charge in [0.15, 0.2) is 5.69 Å². The first kappa shape index (κ1) is 13.3. The molecule has 0 amide bonds. The van der Waals surface area contributed by atoms with Crippen LogP contribution in [0.2, 0.25) is 0 Å². The van der Waals surface area contributed by atoms with E-state index >= 15 is 0 Å². The Labute approximate surface area is 122 Å². The predicted octanol–water partition coefficient (Wildman–Crippen LogP) is 4.30. The van der Waals surface area contributed by atoms with E-state index in [0.29, 0.717) is 5.69 Å². The molecule has 0 saturated heterocycles. The second kappa shape index (κ2) is 6.18. The van der Waals surface area contributed by atoms with Gasteiger partial charge in [0.1, 0.15) is 11.1 Å². The van der Waals surface area contributed by atoms with Crippen LogP contribution in [0.4, 0.5) is 0 Å². The van der Waals surface area contributed by atoms with Crippen LogP contribution in [0.25, 0.3) is 10.6 Å². The lowest BCUT2D eigenvalue weighted by Crippen LogP contribution is -2.21. The van der Waals surface area contributed by atoms with Crippen LogP contribution in [0.1, 0.15) is 42.6 Å². The lowest BCUT2D eigenvalue weighted by Gasteiger charge is -2.21. The molecule has 1 saturated carbocycles. The molecular formula is C16H17NO2S. The molecule has 3 nitrogen and oxygen atoms in total. The van der Waals surface area contributed by atoms with Crippen molar-refractivity contribution in [3.63, 3.8) is 0 Å². The van der Waals surface area contributed by atoms with Gasteiger partial charge in [0.2, 0.25) is 0 Å². The average Bonchev–Trinajstić information content (AvgIpc) is 2.99. The van der Waals surface area contributed by atoms with E-state index in [0.717, 1.165) is 36.3 Å². The molecule has 1 aromatic heterocycles. The van der Waals surface area contributed by atoms with Crippen LogP contribution < -0.4 is 0 Å². The van der Waals surface area contributed by atoms with Crippen molar-refractivity contribution in [2.45, 2.75) is 38.2 Å². The molecule has 1 fully saturated rings. The molecule has 1 aliphatic carbocycles. The summed E-state index contributed by atoms with van der Waals surface area (Å²) in [7, 11) is 0. The molecule has 104 valence electrons. The highest BCUT2D eigenvalue weighted by Crippen LogP contribution is 2.25. The molecule has 0 radical (unpaired) electrons. The normalized spacial score (nSPS) is 16.0. The summed E-state index contributed by atoms with van der Waals surface area (Å²) in [5.74, 6) is -0.282. The molecule has 20 heavy (non-hydrogen) atoms. The highest BCUT2D eigenvalue weighted by molar-refractivity contribution is 7.13. The average molecular weight is 287 g/mol. The van der Waals surface area contributed by atoms with Crippen LogP contribution in [0.15, 0.2) is 35.7 Å². The first-order valence-corrected chi connectivity index (χ1v) is 7.93. The standard InChI is InChI=1S/C16H17NO2S/c18-16(19-13-9-5-2-6-10-13)14-11-20-15(17-14)12-7-3-1-4-8-12/h1,3-4,7-8,11,13H,2,5-6,9-10H2. The second-order valence-electron chi connectivity index (χ2n) is 5.07. The maximum atomic E-state index is 12.1. The summed E-state index contributed by atoms with van der Waals surface area (Å²) in [5.41, 5.74) is 1.47. The van der Waals surface area contributed by atoms with Crippen LogP contribution in [0, 0.1) is 0 Å². The number of aromatic nitrogens is 1. The maximum absolute atomic E-state index is 12.1. The Balaban J connectivity index is 1.68. The molecule has 0 unspecified atom stereocenters. The fourth-order valence-electron chi connectivity index (χ4n) is 2.48. The van der Waals surface area contributed by atoms with Crippen LogP contribution >= 0.6 is 11.3 Å². The molecule has 1 aromatic carbocycles. The van der Waals surface area contributed by atoms with Gasteiger partial charge >= 0.3 is 5.97 Å². The molecule has 0 bridgehead atoms. The number of hydrogen-bond donors (Lipinski definition) is 0. The van der Waals surface area contributed by atoms with Crippen molar-refractivity contribution in [3.05, 3.63) is 41.4 Å². The summed E-state index contributed by atoms with van der Waals surface area (Å²) in [4.78, 5) is 16.5. The van der Waals surface area contributed by atoms with Crippen molar-refractivity contribution in [3.8, 4) is 10.6 Å². The van der Waals surface area contributed by atoms with Gasteiger partial charge in [-0.25, -0.2) is 9.78 Å². The highest BCUT2D eigenvalue weighted by atomic mass is 32.1. The number of benzene rings is 1. The number of rotatable bonds is 3. The van der Waals surface area contributed by atoms with Gasteiger partial charge in [-0.3, -0.25) is 0 Å². The number of thiazole rings is 1. The van der Waals surface area contributed by atoms with Gasteiger partial charge in [0, 0.05) is 10.9 Å². The zero-order valence-corrected chi connectivity index (χ0v) is 12.1. The minimum Gasteiger partial charge on any atom is -0.458 e. The van der Waals surface area contributed by atoms with Gasteiger partial charge in [0.25, 0.3) is 0 Å². The van der Waals surface area contributed by atoms with E-state index in [1.807, 2.05) is 30.3 Å². The zero-order chi connectivity index (χ0) is 13.8. The molecule has 0 N–H and O–H groups in total. The van der Waals surface area contributed by atoms with Crippen LogP contribution in [0.5, 0.6) is 0 Å². The third kappa shape index (κ3) is 3.07. The first-order valence-electron chi connectivity index (χ1n) is 7.05. The first-order chi connectivity index (χ1) is 9.83. The number of carbonyl (C=O) groups is 1. The zero-order valence-electron chi connectivity index (χ0n) is 11.2. The Bertz CT molecular complexity index is 573. The third-order valence-electron chi connectivity index (χ3n) is 3.56. The van der Waals surface area contributed by atoms with Crippen molar-refractivity contribution < 1.29 is 9.53 Å². The lowest BCUT2D eigenvalue weighted by atomic mass is 9.98. The predicted molar refractivity (Wildman–Crippen MR) is 79.8 cm³/mol. The topological polar surface area (TPSA) is 39.2 Å². The highest BCUT2D eigenvalue weighted by Gasteiger charge is 2.20. The third-order valence-corrected chi connectivity index (χ3v) is 4.45. The largest absolute Gasteiger partial charge is 0.458 e. The summed E-state index contributed by atoms with van der Waals surface area (Å²) in [5, 5.41) is 2.65. The Morgan fingerprint density at radius 3 is 2.65 bits per heavy atom. The number of esters is 1. The van der Waals surface area contributed by atoms with Crippen LogP contribution in [-0.2, 0) is 4.74 Å². The van der Waals surface area contributed by atoms with Gasteiger partial charge in [-0.1, -0.05) is 36.8 Å². The van der Waals surface area contributed by atoms with E-state index in [9.17, 15) is 4.79 Å². The fraction of sp³-hybridized carbons (Fsp3) is 0.375. The number of ether oxygens (including phenoxy) is 1. The summed E-state index contributed by atoms with van der Waals surface area (Å²) in [6.07, 6.45) is 5.62. The Hall–Kier alpha value is -1.68. The second-order valence-corrected chi connectivity index (χ2v) is 5.93. The van der Waals surface area contributed by atoms with E-state index in [1.54, 1.807) is 5.38 Å². The van der Waals surface area contributed by atoms with Crippen molar-refractivity contribution in [2.24, 2.45) is 0 Å². The van der Waals surface area contributed by atoms with Crippen LogP contribution in [0.3, 0.4) is 0 Å². The summed E-state index contributed by atoms with van der Waals surface area (Å²) >= 11 is 1.48. The van der Waals surface area contributed by atoms with E-state index in [1.165, 1.54) is 17.8 Å². The van der Waals surface area contributed by atoms with E-state index in [-0.39, 0.29) is 12.1 Å². The van der Waals surface area contributed by atoms with Gasteiger partial charge < -0.3 is 4.74 Å². The van der Waals surface area contributed by atoms with E-state index in [4.69, 9.17) is 4.74 Å². The van der Waals surface area contributed by atoms with Gasteiger partial charge in [-0.05, 0) is 25.7 Å². The molecular weight excluding hydrogens is 270 g/mol. The van der Waals surface area contributed by atoms with E-state index in [2.05, 4.69) is 4.98 Å². The molecule has 1 aliphatic rings. The quantitative estimate of drug-likeness (QED) is 0.790. The minimum absolute atomic E-state index is 0.0816. The molecule has 3 rings (SSSR count). The van der Waals surface area contributed by atoms with Gasteiger partial charge in [0.05, 0.1) is 0 Å². The summed E-state index contributed by atoms with van der Waals surface area (Å²) in [6, 6.07) is 9.90. The Kier molecular flexibility index (Phi) is 4.11. The summed E-state index contributed by atoms with van der Waals surface area (Å²) in [6.45, 7) is 0. The van der Waals surface area contributed by atoms with Crippen LogP contribution in [-0.4, -0.2) is 17.1 Å². The van der Waals surface area contributed by atoms with Gasteiger partial charge in [-0.15, -0.1) is 11.3 Å². The Morgan fingerprint density at radius 2 is 1.90 bits per heavy atom. The SMILES string of the molecule is O=C(OC1CCCCC1)c1csc(-c2ccccc2)n1. The molecule has 0 spiro atoms. The monoisotopic (exact) mass is 287 g/mol. The molecule has 4 heteroatoms.